The number of fused-ring (bicyclic) bond motifs is 3. The number of hydrogen-bond acceptors (Lipinski definition) is 6. The van der Waals surface area contributed by atoms with Crippen LogP contribution in [0, 0.1) is 5.82 Å². The van der Waals surface area contributed by atoms with Crippen LogP contribution >= 0.6 is 0 Å². The summed E-state index contributed by atoms with van der Waals surface area (Å²) >= 11 is 0. The SMILES string of the molecule is CC(C)n1ncc2ccc3cnc(Nc4ccc(N5CCOCC5)c(F)c4)nc3c21. The van der Waals surface area contributed by atoms with Crippen molar-refractivity contribution >= 4 is 39.1 Å². The van der Waals surface area contributed by atoms with Crippen LogP contribution in [0.1, 0.15) is 19.9 Å². The third-order valence-electron chi connectivity index (χ3n) is 5.35. The van der Waals surface area contributed by atoms with E-state index < -0.39 is 0 Å². The summed E-state index contributed by atoms with van der Waals surface area (Å²) in [6.45, 7) is 6.79. The summed E-state index contributed by atoms with van der Waals surface area (Å²) in [6.07, 6.45) is 3.63. The number of anilines is 3. The van der Waals surface area contributed by atoms with Gasteiger partial charge in [0.15, 0.2) is 0 Å². The van der Waals surface area contributed by atoms with Crippen LogP contribution in [0.25, 0.3) is 21.8 Å². The van der Waals surface area contributed by atoms with E-state index in [4.69, 9.17) is 9.72 Å². The summed E-state index contributed by atoms with van der Waals surface area (Å²) in [5, 5.41) is 9.60. The fraction of sp³-hybridized carbons (Fsp3) is 0.318. The molecule has 154 valence electrons. The molecule has 1 saturated heterocycles. The second-order valence-electron chi connectivity index (χ2n) is 7.71. The molecule has 0 atom stereocenters. The van der Waals surface area contributed by atoms with Crippen LogP contribution in [-0.2, 0) is 4.74 Å². The number of rotatable bonds is 4. The monoisotopic (exact) mass is 406 g/mol. The average Bonchev–Trinajstić information content (AvgIpc) is 3.20. The standard InChI is InChI=1S/C22H23FN6O/c1-14(2)29-21-16(13-25-29)4-3-15-12-24-22(27-20(15)21)26-17-5-6-19(18(23)11-17)28-7-9-30-10-8-28/h3-6,11-14H,7-10H2,1-2H3,(H,24,26,27). The average molecular weight is 406 g/mol. The maximum Gasteiger partial charge on any atom is 0.227 e. The number of nitrogens with one attached hydrogen (secondary N) is 1. The largest absolute Gasteiger partial charge is 0.378 e. The van der Waals surface area contributed by atoms with Crippen molar-refractivity contribution in [3.05, 3.63) is 48.5 Å². The number of halogens is 1. The van der Waals surface area contributed by atoms with E-state index >= 15 is 0 Å². The number of nitrogens with zero attached hydrogens (tertiary/aromatic N) is 5. The fourth-order valence-electron chi connectivity index (χ4n) is 3.85. The second-order valence-corrected chi connectivity index (χ2v) is 7.71. The number of aromatic nitrogens is 4. The van der Waals surface area contributed by atoms with Crippen molar-refractivity contribution in [3.8, 4) is 0 Å². The fourth-order valence-corrected chi connectivity index (χ4v) is 3.85. The van der Waals surface area contributed by atoms with E-state index in [9.17, 15) is 4.39 Å². The Morgan fingerprint density at radius 2 is 1.87 bits per heavy atom. The third kappa shape index (κ3) is 3.33. The Morgan fingerprint density at radius 3 is 2.63 bits per heavy atom. The highest BCUT2D eigenvalue weighted by Crippen LogP contribution is 2.28. The van der Waals surface area contributed by atoms with Gasteiger partial charge in [-0.1, -0.05) is 12.1 Å². The molecule has 4 aromatic rings. The first-order chi connectivity index (χ1) is 14.6. The third-order valence-corrected chi connectivity index (χ3v) is 5.35. The molecule has 2 aromatic heterocycles. The van der Waals surface area contributed by atoms with Gasteiger partial charge in [0.25, 0.3) is 0 Å². The van der Waals surface area contributed by atoms with E-state index in [2.05, 4.69) is 29.2 Å². The predicted molar refractivity (Wildman–Crippen MR) is 116 cm³/mol. The highest BCUT2D eigenvalue weighted by molar-refractivity contribution is 6.03. The summed E-state index contributed by atoms with van der Waals surface area (Å²) < 4.78 is 22.0. The summed E-state index contributed by atoms with van der Waals surface area (Å²) in [6, 6.07) is 9.35. The molecule has 7 nitrogen and oxygen atoms in total. The minimum absolute atomic E-state index is 0.210. The number of hydrogen-bond donors (Lipinski definition) is 1. The molecule has 0 saturated carbocycles. The Balaban J connectivity index is 1.48. The van der Waals surface area contributed by atoms with Gasteiger partial charge in [0, 0.05) is 41.8 Å². The number of benzene rings is 2. The van der Waals surface area contributed by atoms with Crippen molar-refractivity contribution in [2.75, 3.05) is 36.5 Å². The van der Waals surface area contributed by atoms with Crippen LogP contribution in [0.4, 0.5) is 21.7 Å². The molecule has 0 bridgehead atoms. The zero-order chi connectivity index (χ0) is 20.7. The lowest BCUT2D eigenvalue weighted by atomic mass is 10.2. The van der Waals surface area contributed by atoms with E-state index in [1.54, 1.807) is 12.3 Å². The minimum atomic E-state index is -0.275. The molecule has 1 N–H and O–H groups in total. The summed E-state index contributed by atoms with van der Waals surface area (Å²) in [7, 11) is 0. The molecule has 0 radical (unpaired) electrons. The Morgan fingerprint density at radius 1 is 1.07 bits per heavy atom. The highest BCUT2D eigenvalue weighted by atomic mass is 19.1. The maximum absolute atomic E-state index is 14.7. The molecule has 1 aliphatic rings. The zero-order valence-electron chi connectivity index (χ0n) is 17.0. The molecular weight excluding hydrogens is 383 g/mol. The Labute approximate surface area is 173 Å². The summed E-state index contributed by atoms with van der Waals surface area (Å²) in [5.41, 5.74) is 2.99. The van der Waals surface area contributed by atoms with Crippen LogP contribution in [0.15, 0.2) is 42.7 Å². The van der Waals surface area contributed by atoms with E-state index in [0.29, 0.717) is 43.6 Å². The van der Waals surface area contributed by atoms with Gasteiger partial charge in [-0.3, -0.25) is 4.68 Å². The zero-order valence-corrected chi connectivity index (χ0v) is 17.0. The van der Waals surface area contributed by atoms with Crippen molar-refractivity contribution in [2.24, 2.45) is 0 Å². The lowest BCUT2D eigenvalue weighted by Gasteiger charge is -2.29. The van der Waals surface area contributed by atoms with E-state index in [1.807, 2.05) is 34.0 Å². The predicted octanol–water partition coefficient (Wildman–Crippen LogP) is 4.28. The van der Waals surface area contributed by atoms with Crippen LogP contribution in [0.3, 0.4) is 0 Å². The van der Waals surface area contributed by atoms with E-state index in [1.165, 1.54) is 6.07 Å². The lowest BCUT2D eigenvalue weighted by molar-refractivity contribution is 0.122. The van der Waals surface area contributed by atoms with Gasteiger partial charge in [-0.15, -0.1) is 0 Å². The molecule has 30 heavy (non-hydrogen) atoms. The van der Waals surface area contributed by atoms with Crippen LogP contribution in [-0.4, -0.2) is 46.1 Å². The Hall–Kier alpha value is -3.26. The topological polar surface area (TPSA) is 68.1 Å². The maximum atomic E-state index is 14.7. The molecule has 2 aromatic carbocycles. The number of morpholine rings is 1. The van der Waals surface area contributed by atoms with Gasteiger partial charge < -0.3 is 15.0 Å². The molecular formula is C22H23FN6O. The molecule has 1 aliphatic heterocycles. The molecule has 0 aliphatic carbocycles. The van der Waals surface area contributed by atoms with Crippen molar-refractivity contribution < 1.29 is 9.13 Å². The number of ether oxygens (including phenoxy) is 1. The van der Waals surface area contributed by atoms with Gasteiger partial charge in [0.1, 0.15) is 11.3 Å². The van der Waals surface area contributed by atoms with Crippen LogP contribution in [0.2, 0.25) is 0 Å². The van der Waals surface area contributed by atoms with Crippen molar-refractivity contribution in [3.63, 3.8) is 0 Å². The quantitative estimate of drug-likeness (QED) is 0.546. The van der Waals surface area contributed by atoms with Gasteiger partial charge in [-0.25, -0.2) is 14.4 Å². The summed E-state index contributed by atoms with van der Waals surface area (Å²) in [5.74, 6) is 0.146. The second kappa shape index (κ2) is 7.53. The van der Waals surface area contributed by atoms with Gasteiger partial charge in [0.05, 0.1) is 30.6 Å². The first kappa shape index (κ1) is 18.7. The molecule has 0 unspecified atom stereocenters. The lowest BCUT2D eigenvalue weighted by Crippen LogP contribution is -2.36. The molecule has 0 amide bonds. The van der Waals surface area contributed by atoms with Gasteiger partial charge >= 0.3 is 0 Å². The molecule has 0 spiro atoms. The minimum Gasteiger partial charge on any atom is -0.378 e. The first-order valence-electron chi connectivity index (χ1n) is 10.1. The van der Waals surface area contributed by atoms with Gasteiger partial charge in [0.2, 0.25) is 5.95 Å². The smallest absolute Gasteiger partial charge is 0.227 e. The van der Waals surface area contributed by atoms with Crippen molar-refractivity contribution in [1.29, 1.82) is 0 Å². The van der Waals surface area contributed by atoms with Gasteiger partial charge in [-0.05, 0) is 32.0 Å². The van der Waals surface area contributed by atoms with Gasteiger partial charge in [-0.2, -0.15) is 5.10 Å². The molecule has 8 heteroatoms. The van der Waals surface area contributed by atoms with Crippen molar-refractivity contribution in [2.45, 2.75) is 19.9 Å². The van der Waals surface area contributed by atoms with E-state index in [-0.39, 0.29) is 11.9 Å². The Bertz CT molecular complexity index is 1220. The van der Waals surface area contributed by atoms with Crippen LogP contribution in [0.5, 0.6) is 0 Å². The normalized spacial score (nSPS) is 14.7. The summed E-state index contributed by atoms with van der Waals surface area (Å²) in [4.78, 5) is 11.1. The molecule has 1 fully saturated rings. The first-order valence-corrected chi connectivity index (χ1v) is 10.1. The van der Waals surface area contributed by atoms with Crippen molar-refractivity contribution in [1.82, 2.24) is 19.7 Å². The van der Waals surface area contributed by atoms with Crippen LogP contribution < -0.4 is 10.2 Å². The molecule has 5 rings (SSSR count). The molecule has 3 heterocycles. The highest BCUT2D eigenvalue weighted by Gasteiger charge is 2.16. The Kier molecular flexibility index (Phi) is 4.71. The van der Waals surface area contributed by atoms with E-state index in [0.717, 1.165) is 21.8 Å².